The standard InChI is InChI=1S/C18H27F2N3O3.HI/c1-4-7-25-14-6-5-13(15(8-14)26-16(19)20)9-22-17(21-3)23-10-18(2)11-24-12-18;/h5-6,8,16H,4,7,9-12H2,1-3H3,(H2,21,22,23);1H. The maximum atomic E-state index is 12.7. The first kappa shape index (κ1) is 23.7. The summed E-state index contributed by atoms with van der Waals surface area (Å²) in [5, 5.41) is 6.34. The van der Waals surface area contributed by atoms with Gasteiger partial charge in [0.2, 0.25) is 0 Å². The molecule has 1 saturated heterocycles. The largest absolute Gasteiger partial charge is 0.493 e. The van der Waals surface area contributed by atoms with E-state index in [0.717, 1.165) is 13.0 Å². The third-order valence-corrected chi connectivity index (χ3v) is 3.98. The van der Waals surface area contributed by atoms with E-state index in [1.807, 2.05) is 6.92 Å². The van der Waals surface area contributed by atoms with Crippen LogP contribution in [0, 0.1) is 5.41 Å². The maximum absolute atomic E-state index is 12.7. The van der Waals surface area contributed by atoms with Gasteiger partial charge in [-0.25, -0.2) is 0 Å². The summed E-state index contributed by atoms with van der Waals surface area (Å²) in [6, 6.07) is 4.94. The topological polar surface area (TPSA) is 64.1 Å². The number of guanidine groups is 1. The normalized spacial score (nSPS) is 15.6. The molecule has 0 amide bonds. The van der Waals surface area contributed by atoms with Crippen LogP contribution in [0.1, 0.15) is 25.8 Å². The molecule has 1 aromatic carbocycles. The van der Waals surface area contributed by atoms with Crippen LogP contribution >= 0.6 is 24.0 Å². The zero-order valence-corrected chi connectivity index (χ0v) is 18.2. The summed E-state index contributed by atoms with van der Waals surface area (Å²) in [5.41, 5.74) is 0.690. The Balaban J connectivity index is 0.00000364. The Morgan fingerprint density at radius 2 is 2.07 bits per heavy atom. The molecular formula is C18H28F2IN3O3. The minimum Gasteiger partial charge on any atom is -0.493 e. The minimum atomic E-state index is -2.90. The first-order valence-electron chi connectivity index (χ1n) is 8.68. The molecule has 27 heavy (non-hydrogen) atoms. The van der Waals surface area contributed by atoms with Crippen LogP contribution in [0.25, 0.3) is 0 Å². The number of rotatable bonds is 9. The quantitative estimate of drug-likeness (QED) is 0.310. The number of hydrogen-bond acceptors (Lipinski definition) is 4. The van der Waals surface area contributed by atoms with Crippen molar-refractivity contribution in [3.05, 3.63) is 23.8 Å². The molecule has 0 spiro atoms. The first-order chi connectivity index (χ1) is 12.5. The molecule has 1 aliphatic rings. The van der Waals surface area contributed by atoms with E-state index in [0.29, 0.717) is 43.6 Å². The van der Waals surface area contributed by atoms with E-state index >= 15 is 0 Å². The van der Waals surface area contributed by atoms with E-state index in [1.54, 1.807) is 19.2 Å². The van der Waals surface area contributed by atoms with Gasteiger partial charge in [-0.3, -0.25) is 4.99 Å². The fourth-order valence-corrected chi connectivity index (χ4v) is 2.45. The van der Waals surface area contributed by atoms with Crippen LogP contribution in [-0.2, 0) is 11.3 Å². The van der Waals surface area contributed by atoms with Gasteiger partial charge in [0, 0.05) is 37.2 Å². The molecule has 0 aromatic heterocycles. The lowest BCUT2D eigenvalue weighted by Crippen LogP contribution is -2.50. The fourth-order valence-electron chi connectivity index (χ4n) is 2.45. The van der Waals surface area contributed by atoms with E-state index in [4.69, 9.17) is 9.47 Å². The van der Waals surface area contributed by atoms with Gasteiger partial charge in [-0.15, -0.1) is 24.0 Å². The molecule has 1 fully saturated rings. The predicted octanol–water partition coefficient (Wildman–Crippen LogP) is 3.40. The number of alkyl halides is 2. The number of nitrogens with one attached hydrogen (secondary N) is 2. The second-order valence-electron chi connectivity index (χ2n) is 6.58. The van der Waals surface area contributed by atoms with Crippen LogP contribution in [-0.4, -0.2) is 46.0 Å². The summed E-state index contributed by atoms with van der Waals surface area (Å²) >= 11 is 0. The fraction of sp³-hybridized carbons (Fsp3) is 0.611. The van der Waals surface area contributed by atoms with E-state index < -0.39 is 6.61 Å². The lowest BCUT2D eigenvalue weighted by atomic mass is 9.89. The van der Waals surface area contributed by atoms with Gasteiger partial charge < -0.3 is 24.8 Å². The number of aliphatic imine (C=N–C) groups is 1. The molecule has 0 radical (unpaired) electrons. The number of ether oxygens (including phenoxy) is 3. The van der Waals surface area contributed by atoms with Crippen LogP contribution in [0.15, 0.2) is 23.2 Å². The highest BCUT2D eigenvalue weighted by molar-refractivity contribution is 14.0. The molecule has 1 aliphatic heterocycles. The Bertz CT molecular complexity index is 614. The van der Waals surface area contributed by atoms with Gasteiger partial charge in [-0.1, -0.05) is 13.8 Å². The molecule has 0 aliphatic carbocycles. The first-order valence-corrected chi connectivity index (χ1v) is 8.68. The third-order valence-electron chi connectivity index (χ3n) is 3.98. The van der Waals surface area contributed by atoms with Crippen LogP contribution in [0.3, 0.4) is 0 Å². The van der Waals surface area contributed by atoms with Crippen LogP contribution in [0.2, 0.25) is 0 Å². The molecule has 0 unspecified atom stereocenters. The van der Waals surface area contributed by atoms with E-state index in [9.17, 15) is 8.78 Å². The lowest BCUT2D eigenvalue weighted by molar-refractivity contribution is -0.0971. The third kappa shape index (κ3) is 7.65. The molecule has 2 rings (SSSR count). The Hall–Kier alpha value is -1.36. The van der Waals surface area contributed by atoms with Crippen molar-refractivity contribution in [3.8, 4) is 11.5 Å². The van der Waals surface area contributed by atoms with Gasteiger partial charge in [0.25, 0.3) is 0 Å². The Kier molecular flexibility index (Phi) is 10.1. The Labute approximate surface area is 176 Å². The van der Waals surface area contributed by atoms with E-state index in [-0.39, 0.29) is 35.1 Å². The highest BCUT2D eigenvalue weighted by Gasteiger charge is 2.33. The van der Waals surface area contributed by atoms with Crippen molar-refractivity contribution in [2.24, 2.45) is 10.4 Å². The van der Waals surface area contributed by atoms with E-state index in [1.165, 1.54) is 6.07 Å². The molecule has 0 saturated carbocycles. The molecule has 0 atom stereocenters. The van der Waals surface area contributed by atoms with Crippen molar-refractivity contribution in [1.29, 1.82) is 0 Å². The molecular weight excluding hydrogens is 471 g/mol. The summed E-state index contributed by atoms with van der Waals surface area (Å²) in [6.07, 6.45) is 0.834. The average molecular weight is 499 g/mol. The smallest absolute Gasteiger partial charge is 0.387 e. The van der Waals surface area contributed by atoms with Crippen molar-refractivity contribution in [1.82, 2.24) is 10.6 Å². The van der Waals surface area contributed by atoms with Crippen molar-refractivity contribution in [3.63, 3.8) is 0 Å². The zero-order chi connectivity index (χ0) is 19.0. The van der Waals surface area contributed by atoms with Crippen LogP contribution in [0.5, 0.6) is 11.5 Å². The highest BCUT2D eigenvalue weighted by atomic mass is 127. The number of halogens is 3. The van der Waals surface area contributed by atoms with Crippen molar-refractivity contribution < 1.29 is 23.0 Å². The summed E-state index contributed by atoms with van der Waals surface area (Å²) in [7, 11) is 1.66. The molecule has 9 heteroatoms. The second kappa shape index (κ2) is 11.5. The number of benzene rings is 1. The summed E-state index contributed by atoms with van der Waals surface area (Å²) < 4.78 is 40.8. The van der Waals surface area contributed by atoms with Crippen molar-refractivity contribution in [2.45, 2.75) is 33.4 Å². The second-order valence-corrected chi connectivity index (χ2v) is 6.58. The van der Waals surface area contributed by atoms with Gasteiger partial charge in [-0.2, -0.15) is 8.78 Å². The summed E-state index contributed by atoms with van der Waals surface area (Å²) in [6.45, 7) is 4.16. The van der Waals surface area contributed by atoms with Gasteiger partial charge in [-0.05, 0) is 18.6 Å². The predicted molar refractivity (Wildman–Crippen MR) is 111 cm³/mol. The Morgan fingerprint density at radius 3 is 2.63 bits per heavy atom. The maximum Gasteiger partial charge on any atom is 0.387 e. The minimum absolute atomic E-state index is 0. The summed E-state index contributed by atoms with van der Waals surface area (Å²) in [5.74, 6) is 1.19. The van der Waals surface area contributed by atoms with E-state index in [2.05, 4.69) is 27.3 Å². The molecule has 1 heterocycles. The van der Waals surface area contributed by atoms with Gasteiger partial charge in [0.15, 0.2) is 5.96 Å². The molecule has 154 valence electrons. The SMILES string of the molecule is CCCOc1ccc(CNC(=NC)NCC2(C)COC2)c(OC(F)F)c1.I. The number of nitrogens with zero attached hydrogens (tertiary/aromatic N) is 1. The van der Waals surface area contributed by atoms with Gasteiger partial charge >= 0.3 is 6.61 Å². The van der Waals surface area contributed by atoms with Crippen LogP contribution in [0.4, 0.5) is 8.78 Å². The van der Waals surface area contributed by atoms with Crippen molar-refractivity contribution in [2.75, 3.05) is 33.4 Å². The average Bonchev–Trinajstić information content (AvgIpc) is 2.59. The monoisotopic (exact) mass is 499 g/mol. The lowest BCUT2D eigenvalue weighted by Gasteiger charge is -2.38. The molecule has 2 N–H and O–H groups in total. The summed E-state index contributed by atoms with van der Waals surface area (Å²) in [4.78, 5) is 4.15. The van der Waals surface area contributed by atoms with Gasteiger partial charge in [0.05, 0.1) is 19.8 Å². The zero-order valence-electron chi connectivity index (χ0n) is 15.9. The highest BCUT2D eigenvalue weighted by Crippen LogP contribution is 2.27. The van der Waals surface area contributed by atoms with Crippen molar-refractivity contribution >= 4 is 29.9 Å². The molecule has 1 aromatic rings. The van der Waals surface area contributed by atoms with Crippen LogP contribution < -0.4 is 20.1 Å². The molecule has 0 bridgehead atoms. The Morgan fingerprint density at radius 1 is 1.33 bits per heavy atom. The van der Waals surface area contributed by atoms with Gasteiger partial charge in [0.1, 0.15) is 11.5 Å². The number of hydrogen-bond donors (Lipinski definition) is 2. The molecule has 6 nitrogen and oxygen atoms in total.